The van der Waals surface area contributed by atoms with Crippen LogP contribution in [0.25, 0.3) is 0 Å². The average molecular weight is 254 g/mol. The summed E-state index contributed by atoms with van der Waals surface area (Å²) in [5, 5.41) is 36.3. The fraction of sp³-hybridized carbons (Fsp3) is 0.167. The second-order valence-corrected chi connectivity index (χ2v) is 4.61. The van der Waals surface area contributed by atoms with Gasteiger partial charge in [0.1, 0.15) is 11.5 Å². The molecule has 92 valence electrons. The van der Waals surface area contributed by atoms with Crippen molar-refractivity contribution in [3.8, 4) is 11.5 Å². The molecule has 17 heavy (non-hydrogen) atoms. The lowest BCUT2D eigenvalue weighted by Gasteiger charge is -2.14. The minimum Gasteiger partial charge on any atom is -0.516 e. The Morgan fingerprint density at radius 1 is 1.41 bits per heavy atom. The first-order valence-corrected chi connectivity index (χ1v) is 5.78. The molecule has 0 spiro atoms. The van der Waals surface area contributed by atoms with Gasteiger partial charge in [-0.1, -0.05) is 6.58 Å². The van der Waals surface area contributed by atoms with E-state index < -0.39 is 0 Å². The van der Waals surface area contributed by atoms with E-state index in [1.807, 2.05) is 0 Å². The molecule has 0 radical (unpaired) electrons. The number of phenols is 2. The molecule has 1 aromatic carbocycles. The zero-order chi connectivity index (χ0) is 12.8. The van der Waals surface area contributed by atoms with Gasteiger partial charge in [0.15, 0.2) is 0 Å². The van der Waals surface area contributed by atoms with Gasteiger partial charge in [0.05, 0.1) is 22.2 Å². The summed E-state index contributed by atoms with van der Waals surface area (Å²) in [5.41, 5.74) is 0. The molecule has 0 bridgehead atoms. The number of aromatic hydroxyl groups is 2. The van der Waals surface area contributed by atoms with E-state index in [-0.39, 0.29) is 22.5 Å². The van der Waals surface area contributed by atoms with E-state index in [4.69, 9.17) is 10.2 Å². The first kappa shape index (κ1) is 13.3. The number of allylic oxidation sites excluding steroid dienone is 1. The fourth-order valence-electron chi connectivity index (χ4n) is 1.20. The minimum atomic E-state index is -0.367. The van der Waals surface area contributed by atoms with Gasteiger partial charge in [-0.25, -0.2) is 0 Å². The molecule has 4 N–H and O–H groups in total. The van der Waals surface area contributed by atoms with Crippen LogP contribution >= 0.6 is 11.8 Å². The third-order valence-electron chi connectivity index (χ3n) is 2.04. The van der Waals surface area contributed by atoms with Gasteiger partial charge in [-0.3, -0.25) is 0 Å². The van der Waals surface area contributed by atoms with Crippen molar-refractivity contribution in [3.05, 3.63) is 42.9 Å². The molecule has 0 aliphatic rings. The predicted molar refractivity (Wildman–Crippen MR) is 67.6 cm³/mol. The molecule has 0 saturated heterocycles. The molecule has 0 aromatic heterocycles. The van der Waals surface area contributed by atoms with Gasteiger partial charge in [0, 0.05) is 6.07 Å². The molecule has 0 fully saturated rings. The van der Waals surface area contributed by atoms with Gasteiger partial charge in [-0.2, -0.15) is 0 Å². The lowest BCUT2D eigenvalue weighted by Crippen LogP contribution is -2.03. The highest BCUT2D eigenvalue weighted by atomic mass is 32.2. The Kier molecular flexibility index (Phi) is 4.78. The quantitative estimate of drug-likeness (QED) is 0.479. The van der Waals surface area contributed by atoms with Crippen molar-refractivity contribution in [2.24, 2.45) is 0 Å². The molecular weight excluding hydrogens is 240 g/mol. The van der Waals surface area contributed by atoms with Crippen LogP contribution in [0.4, 0.5) is 0 Å². The maximum absolute atomic E-state index is 9.59. The number of phenolic OH excluding ortho intramolecular Hbond substituents is 2. The van der Waals surface area contributed by atoms with Gasteiger partial charge in [-0.05, 0) is 24.6 Å². The van der Waals surface area contributed by atoms with Crippen LogP contribution < -0.4 is 0 Å². The average Bonchev–Trinajstić information content (AvgIpc) is 2.26. The molecule has 0 aliphatic heterocycles. The van der Waals surface area contributed by atoms with Gasteiger partial charge >= 0.3 is 0 Å². The highest BCUT2D eigenvalue weighted by Gasteiger charge is 2.14. The third-order valence-corrected chi connectivity index (χ3v) is 3.39. The number of hydrogen-bond donors (Lipinski definition) is 4. The lowest BCUT2D eigenvalue weighted by atomic mass is 10.3. The monoisotopic (exact) mass is 254 g/mol. The van der Waals surface area contributed by atoms with Crippen LogP contribution in [-0.2, 0) is 0 Å². The highest BCUT2D eigenvalue weighted by Crippen LogP contribution is 2.36. The van der Waals surface area contributed by atoms with Crippen LogP contribution in [0.3, 0.4) is 0 Å². The Morgan fingerprint density at radius 3 is 2.65 bits per heavy atom. The van der Waals surface area contributed by atoms with E-state index >= 15 is 0 Å². The van der Waals surface area contributed by atoms with Crippen LogP contribution in [-0.4, -0.2) is 25.7 Å². The molecule has 0 heterocycles. The van der Waals surface area contributed by atoms with Gasteiger partial charge in [0.2, 0.25) is 0 Å². The number of aliphatic hydroxyl groups excluding tert-OH is 2. The smallest absolute Gasteiger partial charge is 0.132 e. The Labute approximate surface area is 104 Å². The minimum absolute atomic E-state index is 0.0264. The first-order chi connectivity index (χ1) is 8.04. The van der Waals surface area contributed by atoms with Crippen molar-refractivity contribution in [1.29, 1.82) is 0 Å². The maximum Gasteiger partial charge on any atom is 0.132 e. The number of rotatable bonds is 5. The Bertz CT molecular complexity index is 429. The number of thioether (sulfide) groups is 1. The van der Waals surface area contributed by atoms with Crippen LogP contribution in [0.1, 0.15) is 6.42 Å². The van der Waals surface area contributed by atoms with Gasteiger partial charge < -0.3 is 20.4 Å². The fourth-order valence-corrected chi connectivity index (χ4v) is 2.17. The zero-order valence-electron chi connectivity index (χ0n) is 9.08. The standard InChI is InChI=1S/C12H14O4S/c1-8(14)11(3-2-6-13)17-12-5-4-9(15)7-10(12)16/h2,4-7,11,13-16H,1,3H2/b6-2+/t11-/m0/s1. The van der Waals surface area contributed by atoms with Gasteiger partial charge in [0.25, 0.3) is 0 Å². The summed E-state index contributed by atoms with van der Waals surface area (Å²) in [6.07, 6.45) is 2.76. The molecule has 0 unspecified atom stereocenters. The van der Waals surface area contributed by atoms with Crippen molar-refractivity contribution in [3.63, 3.8) is 0 Å². The van der Waals surface area contributed by atoms with Crippen LogP contribution in [0.2, 0.25) is 0 Å². The molecule has 0 saturated carbocycles. The van der Waals surface area contributed by atoms with Crippen molar-refractivity contribution >= 4 is 11.8 Å². The zero-order valence-corrected chi connectivity index (χ0v) is 9.89. The SMILES string of the molecule is C=C(O)[C@H](C/C=C/O)Sc1ccc(O)cc1O. The summed E-state index contributed by atoms with van der Waals surface area (Å²) in [6.45, 7) is 3.44. The largest absolute Gasteiger partial charge is 0.516 e. The molecule has 1 atom stereocenters. The van der Waals surface area contributed by atoms with E-state index in [1.165, 1.54) is 30.0 Å². The van der Waals surface area contributed by atoms with E-state index in [9.17, 15) is 10.2 Å². The Hall–Kier alpha value is -1.75. The normalized spacial score (nSPS) is 12.7. The summed E-state index contributed by atoms with van der Waals surface area (Å²) in [4.78, 5) is 0.523. The molecule has 5 heteroatoms. The van der Waals surface area contributed by atoms with E-state index in [0.29, 0.717) is 11.3 Å². The van der Waals surface area contributed by atoms with Crippen LogP contribution in [0.15, 0.2) is 47.8 Å². The molecular formula is C12H14O4S. The van der Waals surface area contributed by atoms with Crippen LogP contribution in [0, 0.1) is 0 Å². The van der Waals surface area contributed by atoms with Gasteiger partial charge in [-0.15, -0.1) is 11.8 Å². The van der Waals surface area contributed by atoms with Crippen molar-refractivity contribution < 1.29 is 20.4 Å². The summed E-state index contributed by atoms with van der Waals surface area (Å²) in [6, 6.07) is 4.22. The second kappa shape index (κ2) is 6.10. The Balaban J connectivity index is 2.82. The number of benzene rings is 1. The molecule has 1 aromatic rings. The summed E-state index contributed by atoms with van der Waals surface area (Å²) >= 11 is 1.20. The summed E-state index contributed by atoms with van der Waals surface area (Å²) in [5.74, 6) is -0.128. The van der Waals surface area contributed by atoms with Crippen molar-refractivity contribution in [2.45, 2.75) is 16.6 Å². The Morgan fingerprint density at radius 2 is 2.12 bits per heavy atom. The topological polar surface area (TPSA) is 80.9 Å². The molecule has 0 aliphatic carbocycles. The summed E-state index contributed by atoms with van der Waals surface area (Å²) < 4.78 is 0. The maximum atomic E-state index is 9.59. The second-order valence-electron chi connectivity index (χ2n) is 3.37. The first-order valence-electron chi connectivity index (χ1n) is 4.90. The molecule has 1 rings (SSSR count). The number of hydrogen-bond acceptors (Lipinski definition) is 5. The third kappa shape index (κ3) is 3.96. The van der Waals surface area contributed by atoms with E-state index in [2.05, 4.69) is 6.58 Å². The lowest BCUT2D eigenvalue weighted by molar-refractivity contribution is 0.395. The van der Waals surface area contributed by atoms with E-state index in [1.54, 1.807) is 6.07 Å². The predicted octanol–water partition coefficient (Wildman–Crippen LogP) is 3.09. The van der Waals surface area contributed by atoms with E-state index in [0.717, 1.165) is 6.26 Å². The van der Waals surface area contributed by atoms with Crippen molar-refractivity contribution in [1.82, 2.24) is 0 Å². The molecule has 0 amide bonds. The molecule has 4 nitrogen and oxygen atoms in total. The summed E-state index contributed by atoms with van der Waals surface area (Å²) in [7, 11) is 0. The van der Waals surface area contributed by atoms with Crippen LogP contribution in [0.5, 0.6) is 11.5 Å². The van der Waals surface area contributed by atoms with Crippen molar-refractivity contribution in [2.75, 3.05) is 0 Å². The number of aliphatic hydroxyl groups is 2. The highest BCUT2D eigenvalue weighted by molar-refractivity contribution is 8.00.